The number of sulfone groups is 1. The summed E-state index contributed by atoms with van der Waals surface area (Å²) in [6.45, 7) is 8.67. The molecule has 3 fully saturated rings. The van der Waals surface area contributed by atoms with Gasteiger partial charge in [0.05, 0.1) is 10.4 Å². The van der Waals surface area contributed by atoms with Crippen LogP contribution in [0, 0.1) is 5.82 Å². The fourth-order valence-corrected chi connectivity index (χ4v) is 8.56. The minimum Gasteiger partial charge on any atom is -0.381 e. The number of aromatic nitrogens is 2. The van der Waals surface area contributed by atoms with Crippen molar-refractivity contribution < 1.29 is 17.5 Å². The molecule has 1 aromatic heterocycles. The SMILES string of the molecule is CCC1CC(N2CCC(c3cc(F)c4nc(-c5ccc(S(C)(=O)=O)cc5)n(C)c4c3)CC2)CC(C)N1C1CCOCC1. The summed E-state index contributed by atoms with van der Waals surface area (Å²) in [5.74, 6) is 0.663. The molecule has 0 spiro atoms. The number of nitrogens with zero attached hydrogens (tertiary/aromatic N) is 4. The molecular weight excluding hydrogens is 551 g/mol. The molecule has 3 unspecified atom stereocenters. The van der Waals surface area contributed by atoms with Crippen molar-refractivity contribution in [1.82, 2.24) is 19.4 Å². The number of imidazole rings is 1. The lowest BCUT2D eigenvalue weighted by atomic mass is 9.84. The van der Waals surface area contributed by atoms with E-state index in [4.69, 9.17) is 4.74 Å². The number of likely N-dealkylation sites (tertiary alicyclic amines) is 2. The Labute approximate surface area is 250 Å². The van der Waals surface area contributed by atoms with Crippen molar-refractivity contribution in [2.24, 2.45) is 7.05 Å². The van der Waals surface area contributed by atoms with Crippen LogP contribution in [0.1, 0.15) is 70.3 Å². The molecule has 7 nitrogen and oxygen atoms in total. The third-order valence-electron chi connectivity index (χ3n) is 10.2. The zero-order chi connectivity index (χ0) is 29.6. The summed E-state index contributed by atoms with van der Waals surface area (Å²) in [4.78, 5) is 10.4. The number of rotatable bonds is 6. The summed E-state index contributed by atoms with van der Waals surface area (Å²) in [5.41, 5.74) is 2.94. The van der Waals surface area contributed by atoms with E-state index in [1.807, 2.05) is 11.6 Å². The molecule has 9 heteroatoms. The molecule has 3 aromatic rings. The van der Waals surface area contributed by atoms with Gasteiger partial charge in [0.1, 0.15) is 11.3 Å². The van der Waals surface area contributed by atoms with Crippen LogP contribution in [-0.4, -0.2) is 84.5 Å². The van der Waals surface area contributed by atoms with Gasteiger partial charge >= 0.3 is 0 Å². The van der Waals surface area contributed by atoms with E-state index in [1.165, 1.54) is 25.5 Å². The van der Waals surface area contributed by atoms with E-state index in [0.717, 1.165) is 68.6 Å². The van der Waals surface area contributed by atoms with Gasteiger partial charge in [-0.15, -0.1) is 0 Å². The van der Waals surface area contributed by atoms with E-state index in [-0.39, 0.29) is 10.7 Å². The zero-order valence-corrected chi connectivity index (χ0v) is 26.2. The number of aryl methyl sites for hydroxylation is 1. The van der Waals surface area contributed by atoms with Crippen LogP contribution in [0.5, 0.6) is 0 Å². The van der Waals surface area contributed by atoms with E-state index in [1.54, 1.807) is 30.3 Å². The fraction of sp³-hybridized carbons (Fsp3) is 0.606. The molecule has 0 amide bonds. The van der Waals surface area contributed by atoms with Crippen LogP contribution in [0.3, 0.4) is 0 Å². The number of piperidine rings is 2. The largest absolute Gasteiger partial charge is 0.381 e. The minimum atomic E-state index is -3.28. The van der Waals surface area contributed by atoms with Gasteiger partial charge in [0.2, 0.25) is 0 Å². The van der Waals surface area contributed by atoms with Crippen LogP contribution < -0.4 is 0 Å². The molecule has 2 aromatic carbocycles. The average Bonchev–Trinajstić information content (AvgIpc) is 3.33. The first-order valence-electron chi connectivity index (χ1n) is 15.7. The van der Waals surface area contributed by atoms with Gasteiger partial charge in [-0.25, -0.2) is 17.8 Å². The second-order valence-corrected chi connectivity index (χ2v) is 14.8. The molecule has 3 aliphatic heterocycles. The predicted molar refractivity (Wildman–Crippen MR) is 165 cm³/mol. The molecule has 3 atom stereocenters. The Balaban J connectivity index is 1.15. The summed E-state index contributed by atoms with van der Waals surface area (Å²) in [6.07, 6.45) is 9.24. The quantitative estimate of drug-likeness (QED) is 0.360. The molecule has 0 aliphatic carbocycles. The van der Waals surface area contributed by atoms with Crippen molar-refractivity contribution in [3.05, 3.63) is 47.8 Å². The lowest BCUT2D eigenvalue weighted by Crippen LogP contribution is -2.58. The zero-order valence-electron chi connectivity index (χ0n) is 25.4. The maximum Gasteiger partial charge on any atom is 0.175 e. The molecule has 0 saturated carbocycles. The highest BCUT2D eigenvalue weighted by Gasteiger charge is 2.39. The van der Waals surface area contributed by atoms with Crippen molar-refractivity contribution in [3.8, 4) is 11.4 Å². The molecule has 0 N–H and O–H groups in total. The van der Waals surface area contributed by atoms with Crippen molar-refractivity contribution in [2.75, 3.05) is 32.6 Å². The minimum absolute atomic E-state index is 0.259. The number of hydrogen-bond donors (Lipinski definition) is 0. The first kappa shape index (κ1) is 29.7. The summed E-state index contributed by atoms with van der Waals surface area (Å²) in [5, 5.41) is 0. The molecule has 0 bridgehead atoms. The van der Waals surface area contributed by atoms with Crippen molar-refractivity contribution >= 4 is 20.9 Å². The van der Waals surface area contributed by atoms with Gasteiger partial charge in [0, 0.05) is 56.2 Å². The molecule has 3 aliphatic rings. The van der Waals surface area contributed by atoms with Gasteiger partial charge in [0.25, 0.3) is 0 Å². The first-order valence-corrected chi connectivity index (χ1v) is 17.6. The third kappa shape index (κ3) is 5.77. The molecule has 6 rings (SSSR count). The predicted octanol–water partition coefficient (Wildman–Crippen LogP) is 5.77. The summed E-state index contributed by atoms with van der Waals surface area (Å²) < 4.78 is 46.7. The van der Waals surface area contributed by atoms with E-state index in [2.05, 4.69) is 34.7 Å². The van der Waals surface area contributed by atoms with E-state index >= 15 is 4.39 Å². The topological polar surface area (TPSA) is 67.7 Å². The Morgan fingerprint density at radius 3 is 2.33 bits per heavy atom. The molecule has 0 radical (unpaired) electrons. The highest BCUT2D eigenvalue weighted by molar-refractivity contribution is 7.90. The fourth-order valence-electron chi connectivity index (χ4n) is 7.93. The number of hydrogen-bond acceptors (Lipinski definition) is 6. The van der Waals surface area contributed by atoms with E-state index < -0.39 is 9.84 Å². The van der Waals surface area contributed by atoms with Crippen LogP contribution in [0.4, 0.5) is 4.39 Å². The molecule has 228 valence electrons. The molecule has 3 saturated heterocycles. The normalized spacial score (nSPS) is 25.8. The lowest BCUT2D eigenvalue weighted by molar-refractivity contribution is -0.0440. The van der Waals surface area contributed by atoms with Crippen molar-refractivity contribution in [2.45, 2.75) is 93.8 Å². The van der Waals surface area contributed by atoms with E-state index in [9.17, 15) is 8.42 Å². The number of benzene rings is 2. The van der Waals surface area contributed by atoms with Crippen molar-refractivity contribution in [3.63, 3.8) is 0 Å². The van der Waals surface area contributed by atoms with Crippen molar-refractivity contribution in [1.29, 1.82) is 0 Å². The van der Waals surface area contributed by atoms with Gasteiger partial charge in [-0.3, -0.25) is 4.90 Å². The van der Waals surface area contributed by atoms with Crippen LogP contribution in [0.2, 0.25) is 0 Å². The highest BCUT2D eigenvalue weighted by Crippen LogP contribution is 2.37. The second-order valence-electron chi connectivity index (χ2n) is 12.8. The Morgan fingerprint density at radius 2 is 1.69 bits per heavy atom. The van der Waals surface area contributed by atoms with Gasteiger partial charge in [-0.05, 0) is 113 Å². The van der Waals surface area contributed by atoms with Crippen LogP contribution in [-0.2, 0) is 21.6 Å². The van der Waals surface area contributed by atoms with Crippen LogP contribution in [0.15, 0.2) is 41.3 Å². The molecular formula is C33H45FN4O3S. The highest BCUT2D eigenvalue weighted by atomic mass is 32.2. The second kappa shape index (κ2) is 12.0. The lowest BCUT2D eigenvalue weighted by Gasteiger charge is -2.51. The van der Waals surface area contributed by atoms with Crippen LogP contribution >= 0.6 is 0 Å². The van der Waals surface area contributed by atoms with Crippen LogP contribution in [0.25, 0.3) is 22.4 Å². The maximum atomic E-state index is 15.4. The Bertz CT molecular complexity index is 1510. The monoisotopic (exact) mass is 596 g/mol. The maximum absolute atomic E-state index is 15.4. The third-order valence-corrected chi connectivity index (χ3v) is 11.3. The molecule has 4 heterocycles. The number of ether oxygens (including phenoxy) is 1. The Morgan fingerprint density at radius 1 is 1.00 bits per heavy atom. The standard InChI is InChI=1S/C33H45FN4O3S/c1-5-26-21-28(18-22(2)38(26)27-12-16-41-17-13-27)37-14-10-23(11-15-37)25-19-30(34)32-31(20-25)36(3)33(35-32)24-6-8-29(9-7-24)42(4,39)40/h6-9,19-20,22-23,26-28H,5,10-18,21H2,1-4H3. The summed E-state index contributed by atoms with van der Waals surface area (Å²) >= 11 is 0. The number of halogens is 1. The van der Waals surface area contributed by atoms with Gasteiger partial charge in [-0.2, -0.15) is 0 Å². The Kier molecular flexibility index (Phi) is 8.48. The summed E-state index contributed by atoms with van der Waals surface area (Å²) in [7, 11) is -1.38. The Hall–Kier alpha value is -2.33. The van der Waals surface area contributed by atoms with E-state index in [0.29, 0.717) is 41.4 Å². The van der Waals surface area contributed by atoms with Gasteiger partial charge in [0.15, 0.2) is 15.7 Å². The summed E-state index contributed by atoms with van der Waals surface area (Å²) in [6, 6.07) is 13.0. The van der Waals surface area contributed by atoms with Gasteiger partial charge in [-0.1, -0.05) is 6.92 Å². The smallest absolute Gasteiger partial charge is 0.175 e. The first-order chi connectivity index (χ1) is 20.1. The molecule has 42 heavy (non-hydrogen) atoms. The average molecular weight is 597 g/mol. The van der Waals surface area contributed by atoms with Gasteiger partial charge < -0.3 is 14.2 Å². The number of fused-ring (bicyclic) bond motifs is 1.